The Balaban J connectivity index is 2.03. The van der Waals surface area contributed by atoms with Crippen molar-refractivity contribution >= 4 is 0 Å². The lowest BCUT2D eigenvalue weighted by Gasteiger charge is -2.39. The lowest BCUT2D eigenvalue weighted by atomic mass is 9.81. The Hall–Kier alpha value is -0.900. The van der Waals surface area contributed by atoms with Crippen molar-refractivity contribution in [3.63, 3.8) is 0 Å². The number of likely N-dealkylation sites (tertiary alicyclic amines) is 1. The first-order valence-corrected chi connectivity index (χ1v) is 7.63. The molecule has 3 nitrogen and oxygen atoms in total. The highest BCUT2D eigenvalue weighted by Crippen LogP contribution is 2.26. The molecule has 1 aromatic rings. The average molecular weight is 276 g/mol. The molecular formula is C17H28N2O. The van der Waals surface area contributed by atoms with Gasteiger partial charge in [-0.3, -0.25) is 0 Å². The summed E-state index contributed by atoms with van der Waals surface area (Å²) in [4.78, 5) is 2.58. The molecule has 1 N–H and O–H groups in total. The van der Waals surface area contributed by atoms with Gasteiger partial charge >= 0.3 is 0 Å². The Morgan fingerprint density at radius 1 is 1.25 bits per heavy atom. The molecule has 0 saturated carbocycles. The second kappa shape index (κ2) is 7.21. The van der Waals surface area contributed by atoms with Crippen LogP contribution in [0.25, 0.3) is 0 Å². The first-order chi connectivity index (χ1) is 9.68. The highest BCUT2D eigenvalue weighted by atomic mass is 16.5. The quantitative estimate of drug-likeness (QED) is 0.862. The van der Waals surface area contributed by atoms with Crippen LogP contribution in [0.5, 0.6) is 0 Å². The van der Waals surface area contributed by atoms with E-state index in [4.69, 9.17) is 4.74 Å². The SMILES string of the molecule is CNCC(C)(CN1CCC(OC)CC1)c1ccccc1. The first kappa shape index (κ1) is 15.5. The zero-order chi connectivity index (χ0) is 14.4. The summed E-state index contributed by atoms with van der Waals surface area (Å²) in [6.07, 6.45) is 2.76. The predicted molar refractivity (Wildman–Crippen MR) is 84.2 cm³/mol. The summed E-state index contributed by atoms with van der Waals surface area (Å²) in [6.45, 7) is 6.76. The van der Waals surface area contributed by atoms with E-state index in [2.05, 4.69) is 47.5 Å². The third-order valence-corrected chi connectivity index (χ3v) is 4.48. The van der Waals surface area contributed by atoms with Crippen molar-refractivity contribution in [3.8, 4) is 0 Å². The molecule has 0 aliphatic carbocycles. The highest BCUT2D eigenvalue weighted by molar-refractivity contribution is 5.25. The molecule has 1 unspecified atom stereocenters. The Bertz CT molecular complexity index is 387. The van der Waals surface area contributed by atoms with Crippen LogP contribution in [0.1, 0.15) is 25.3 Å². The van der Waals surface area contributed by atoms with Crippen LogP contribution in [-0.4, -0.2) is 51.3 Å². The Morgan fingerprint density at radius 3 is 2.45 bits per heavy atom. The minimum absolute atomic E-state index is 0.163. The van der Waals surface area contributed by atoms with Gasteiger partial charge in [-0.2, -0.15) is 0 Å². The molecule has 112 valence electrons. The average Bonchev–Trinajstić information content (AvgIpc) is 2.49. The number of nitrogens with one attached hydrogen (secondary N) is 1. The Labute approximate surface area is 123 Å². The van der Waals surface area contributed by atoms with Gasteiger partial charge in [-0.05, 0) is 25.5 Å². The van der Waals surface area contributed by atoms with Gasteiger partial charge in [-0.1, -0.05) is 37.3 Å². The summed E-state index contributed by atoms with van der Waals surface area (Å²) >= 11 is 0. The van der Waals surface area contributed by atoms with E-state index in [-0.39, 0.29) is 5.41 Å². The molecule has 0 amide bonds. The maximum Gasteiger partial charge on any atom is 0.0595 e. The summed E-state index contributed by atoms with van der Waals surface area (Å²) in [6, 6.07) is 10.9. The molecule has 0 radical (unpaired) electrons. The number of benzene rings is 1. The predicted octanol–water partition coefficient (Wildman–Crippen LogP) is 2.27. The topological polar surface area (TPSA) is 24.5 Å². The van der Waals surface area contributed by atoms with Crippen molar-refractivity contribution in [1.82, 2.24) is 10.2 Å². The molecule has 2 rings (SSSR count). The first-order valence-electron chi connectivity index (χ1n) is 7.63. The van der Waals surface area contributed by atoms with Crippen molar-refractivity contribution in [2.45, 2.75) is 31.3 Å². The summed E-state index contributed by atoms with van der Waals surface area (Å²) in [7, 11) is 3.87. The molecule has 1 heterocycles. The van der Waals surface area contributed by atoms with Crippen LogP contribution in [-0.2, 0) is 10.2 Å². The molecule has 20 heavy (non-hydrogen) atoms. The molecular weight excluding hydrogens is 248 g/mol. The molecule has 3 heteroatoms. The number of nitrogens with zero attached hydrogens (tertiary/aromatic N) is 1. The summed E-state index contributed by atoms with van der Waals surface area (Å²) in [5.41, 5.74) is 1.58. The molecule has 0 aromatic heterocycles. The van der Waals surface area contributed by atoms with E-state index in [0.717, 1.165) is 39.0 Å². The van der Waals surface area contributed by atoms with Gasteiger partial charge in [0.1, 0.15) is 0 Å². The molecule has 1 saturated heterocycles. The summed E-state index contributed by atoms with van der Waals surface area (Å²) in [5.74, 6) is 0. The van der Waals surface area contributed by atoms with Crippen LogP contribution >= 0.6 is 0 Å². The lowest BCUT2D eigenvalue weighted by Crippen LogP contribution is -2.48. The van der Waals surface area contributed by atoms with Crippen molar-refractivity contribution in [1.29, 1.82) is 0 Å². The fourth-order valence-corrected chi connectivity index (χ4v) is 3.28. The number of likely N-dealkylation sites (N-methyl/N-ethyl adjacent to an activating group) is 1. The van der Waals surface area contributed by atoms with E-state index in [1.54, 1.807) is 0 Å². The van der Waals surface area contributed by atoms with Crippen molar-refractivity contribution < 1.29 is 4.74 Å². The van der Waals surface area contributed by atoms with Crippen LogP contribution in [0.15, 0.2) is 30.3 Å². The van der Waals surface area contributed by atoms with Crippen LogP contribution in [0.3, 0.4) is 0 Å². The number of methoxy groups -OCH3 is 1. The van der Waals surface area contributed by atoms with E-state index < -0.39 is 0 Å². The molecule has 1 aromatic carbocycles. The van der Waals surface area contributed by atoms with Gasteiger partial charge in [-0.15, -0.1) is 0 Å². The number of piperidine rings is 1. The maximum atomic E-state index is 5.46. The number of ether oxygens (including phenoxy) is 1. The lowest BCUT2D eigenvalue weighted by molar-refractivity contribution is 0.0349. The van der Waals surface area contributed by atoms with Gasteiger partial charge in [-0.25, -0.2) is 0 Å². The second-order valence-electron chi connectivity index (χ2n) is 6.17. The van der Waals surface area contributed by atoms with Crippen LogP contribution in [0.4, 0.5) is 0 Å². The minimum Gasteiger partial charge on any atom is -0.381 e. The minimum atomic E-state index is 0.163. The van der Waals surface area contributed by atoms with Crippen molar-refractivity contribution in [2.24, 2.45) is 0 Å². The van der Waals surface area contributed by atoms with E-state index in [0.29, 0.717) is 6.10 Å². The molecule has 1 atom stereocenters. The van der Waals surface area contributed by atoms with Crippen LogP contribution < -0.4 is 5.32 Å². The highest BCUT2D eigenvalue weighted by Gasteiger charge is 2.30. The molecule has 1 aliphatic rings. The van der Waals surface area contributed by atoms with Crippen molar-refractivity contribution in [3.05, 3.63) is 35.9 Å². The zero-order valence-corrected chi connectivity index (χ0v) is 13.1. The number of hydrogen-bond donors (Lipinski definition) is 1. The van der Waals surface area contributed by atoms with E-state index in [1.165, 1.54) is 5.56 Å². The monoisotopic (exact) mass is 276 g/mol. The standard InChI is InChI=1S/C17H28N2O/c1-17(13-18-2,15-7-5-4-6-8-15)14-19-11-9-16(20-3)10-12-19/h4-8,16,18H,9-14H2,1-3H3. The zero-order valence-electron chi connectivity index (χ0n) is 13.1. The molecule has 0 spiro atoms. The Kier molecular flexibility index (Phi) is 5.58. The van der Waals surface area contributed by atoms with Gasteiger partial charge in [0.2, 0.25) is 0 Å². The van der Waals surface area contributed by atoms with Gasteiger partial charge in [0.15, 0.2) is 0 Å². The third-order valence-electron chi connectivity index (χ3n) is 4.48. The largest absolute Gasteiger partial charge is 0.381 e. The smallest absolute Gasteiger partial charge is 0.0595 e. The van der Waals surface area contributed by atoms with Gasteiger partial charge < -0.3 is 15.0 Å². The molecule has 1 fully saturated rings. The fraction of sp³-hybridized carbons (Fsp3) is 0.647. The second-order valence-corrected chi connectivity index (χ2v) is 6.17. The van der Waals surface area contributed by atoms with Crippen LogP contribution in [0, 0.1) is 0 Å². The van der Waals surface area contributed by atoms with Crippen molar-refractivity contribution in [2.75, 3.05) is 40.3 Å². The summed E-state index contributed by atoms with van der Waals surface area (Å²) < 4.78 is 5.46. The maximum absolute atomic E-state index is 5.46. The number of rotatable bonds is 6. The Morgan fingerprint density at radius 2 is 1.90 bits per heavy atom. The molecule has 1 aliphatic heterocycles. The normalized spacial score (nSPS) is 20.8. The van der Waals surface area contributed by atoms with Gasteiger partial charge in [0, 0.05) is 38.7 Å². The van der Waals surface area contributed by atoms with Gasteiger partial charge in [0.25, 0.3) is 0 Å². The third kappa shape index (κ3) is 3.81. The van der Waals surface area contributed by atoms with E-state index in [1.807, 2.05) is 14.2 Å². The van der Waals surface area contributed by atoms with E-state index >= 15 is 0 Å². The van der Waals surface area contributed by atoms with Crippen LogP contribution in [0.2, 0.25) is 0 Å². The fourth-order valence-electron chi connectivity index (χ4n) is 3.28. The van der Waals surface area contributed by atoms with E-state index in [9.17, 15) is 0 Å². The van der Waals surface area contributed by atoms with Gasteiger partial charge in [0.05, 0.1) is 6.10 Å². The molecule has 0 bridgehead atoms. The number of hydrogen-bond acceptors (Lipinski definition) is 3. The summed E-state index contributed by atoms with van der Waals surface area (Å²) in [5, 5.41) is 3.36.